The van der Waals surface area contributed by atoms with Crippen molar-refractivity contribution in [2.24, 2.45) is 0 Å². The van der Waals surface area contributed by atoms with Crippen molar-refractivity contribution < 1.29 is 4.39 Å². The summed E-state index contributed by atoms with van der Waals surface area (Å²) >= 11 is 7.17. The van der Waals surface area contributed by atoms with Crippen molar-refractivity contribution in [3.8, 4) is 0 Å². The van der Waals surface area contributed by atoms with E-state index in [9.17, 15) is 4.39 Å². The van der Waals surface area contributed by atoms with E-state index in [1.807, 2.05) is 0 Å². The maximum Gasteiger partial charge on any atom is 0.180 e. The highest BCUT2D eigenvalue weighted by Crippen LogP contribution is 2.33. The fourth-order valence-corrected chi connectivity index (χ4v) is 3.14. The van der Waals surface area contributed by atoms with Crippen molar-refractivity contribution in [1.29, 1.82) is 0 Å². The van der Waals surface area contributed by atoms with E-state index in [0.29, 0.717) is 22.1 Å². The third-order valence-electron chi connectivity index (χ3n) is 2.79. The van der Waals surface area contributed by atoms with Crippen LogP contribution in [0.4, 0.5) is 9.52 Å². The maximum atomic E-state index is 13.8. The van der Waals surface area contributed by atoms with Gasteiger partial charge in [0.05, 0.1) is 5.69 Å². The standard InChI is InChI=1S/C14H16ClFN2S/c1-14(2,3)12-11(19-13(17)18-12)6-8-4-5-9(15)7-10(8)16/h4-5,7H,6H2,1-3H3,(H2,17,18). The van der Waals surface area contributed by atoms with Crippen LogP contribution in [-0.4, -0.2) is 4.98 Å². The Bertz CT molecular complexity index is 602. The van der Waals surface area contributed by atoms with E-state index in [4.69, 9.17) is 17.3 Å². The number of benzene rings is 1. The lowest BCUT2D eigenvalue weighted by molar-refractivity contribution is 0.566. The zero-order chi connectivity index (χ0) is 14.2. The quantitative estimate of drug-likeness (QED) is 0.892. The predicted molar refractivity (Wildman–Crippen MR) is 79.4 cm³/mol. The molecule has 0 radical (unpaired) electrons. The molecule has 0 aliphatic rings. The largest absolute Gasteiger partial charge is 0.375 e. The van der Waals surface area contributed by atoms with Crippen LogP contribution in [0.3, 0.4) is 0 Å². The number of nitrogens with two attached hydrogens (primary N) is 1. The van der Waals surface area contributed by atoms with E-state index in [0.717, 1.165) is 10.6 Å². The zero-order valence-corrected chi connectivity index (χ0v) is 12.7. The molecule has 0 fully saturated rings. The van der Waals surface area contributed by atoms with Gasteiger partial charge >= 0.3 is 0 Å². The van der Waals surface area contributed by atoms with Crippen LogP contribution in [0.25, 0.3) is 0 Å². The number of rotatable bonds is 2. The van der Waals surface area contributed by atoms with Gasteiger partial charge in [-0.3, -0.25) is 0 Å². The first-order valence-corrected chi connectivity index (χ1v) is 7.16. The van der Waals surface area contributed by atoms with Crippen molar-refractivity contribution in [2.45, 2.75) is 32.6 Å². The molecule has 5 heteroatoms. The number of aromatic nitrogens is 1. The van der Waals surface area contributed by atoms with Crippen LogP contribution in [0, 0.1) is 5.82 Å². The smallest absolute Gasteiger partial charge is 0.180 e. The van der Waals surface area contributed by atoms with Gasteiger partial charge in [0.15, 0.2) is 5.13 Å². The molecule has 0 bridgehead atoms. The van der Waals surface area contributed by atoms with Gasteiger partial charge in [0, 0.05) is 21.7 Å². The summed E-state index contributed by atoms with van der Waals surface area (Å²) in [5.41, 5.74) is 7.22. The molecule has 0 spiro atoms. The summed E-state index contributed by atoms with van der Waals surface area (Å²) in [5.74, 6) is -0.292. The molecule has 1 aromatic heterocycles. The summed E-state index contributed by atoms with van der Waals surface area (Å²) in [5, 5.41) is 0.926. The van der Waals surface area contributed by atoms with Crippen LogP contribution in [0.15, 0.2) is 18.2 Å². The Labute approximate surface area is 121 Å². The fourth-order valence-electron chi connectivity index (χ4n) is 1.91. The molecule has 2 N–H and O–H groups in total. The number of hydrogen-bond acceptors (Lipinski definition) is 3. The summed E-state index contributed by atoms with van der Waals surface area (Å²) in [6, 6.07) is 4.74. The summed E-state index contributed by atoms with van der Waals surface area (Å²) in [6.07, 6.45) is 0.491. The summed E-state index contributed by atoms with van der Waals surface area (Å²) in [6.45, 7) is 6.22. The van der Waals surface area contributed by atoms with Gasteiger partial charge in [-0.15, -0.1) is 11.3 Å². The van der Waals surface area contributed by atoms with E-state index in [-0.39, 0.29) is 11.2 Å². The highest BCUT2D eigenvalue weighted by atomic mass is 35.5. The Morgan fingerprint density at radius 3 is 2.63 bits per heavy atom. The van der Waals surface area contributed by atoms with Crippen LogP contribution < -0.4 is 5.73 Å². The second-order valence-electron chi connectivity index (χ2n) is 5.49. The monoisotopic (exact) mass is 298 g/mol. The molecule has 0 amide bonds. The molecule has 0 saturated heterocycles. The highest BCUT2D eigenvalue weighted by molar-refractivity contribution is 7.15. The van der Waals surface area contributed by atoms with Gasteiger partial charge in [-0.25, -0.2) is 9.37 Å². The van der Waals surface area contributed by atoms with Gasteiger partial charge in [-0.1, -0.05) is 38.4 Å². The molecule has 2 aromatic rings. The van der Waals surface area contributed by atoms with Crippen molar-refractivity contribution in [3.63, 3.8) is 0 Å². The van der Waals surface area contributed by atoms with Gasteiger partial charge in [0.25, 0.3) is 0 Å². The number of hydrogen-bond donors (Lipinski definition) is 1. The van der Waals surface area contributed by atoms with E-state index < -0.39 is 0 Å². The first-order chi connectivity index (χ1) is 8.77. The molecule has 1 heterocycles. The fraction of sp³-hybridized carbons (Fsp3) is 0.357. The molecule has 0 atom stereocenters. The van der Waals surface area contributed by atoms with Gasteiger partial charge < -0.3 is 5.73 Å². The molecule has 0 unspecified atom stereocenters. The molecule has 0 saturated carbocycles. The lowest BCUT2D eigenvalue weighted by Gasteiger charge is -2.17. The van der Waals surface area contributed by atoms with Gasteiger partial charge in [0.1, 0.15) is 5.82 Å². The van der Waals surface area contributed by atoms with Crippen molar-refractivity contribution in [1.82, 2.24) is 4.98 Å². The third kappa shape index (κ3) is 3.25. The molecule has 1 aromatic carbocycles. The third-order valence-corrected chi connectivity index (χ3v) is 3.91. The molecular weight excluding hydrogens is 283 g/mol. The Hall–Kier alpha value is -1.13. The van der Waals surface area contributed by atoms with E-state index in [1.54, 1.807) is 12.1 Å². The lowest BCUT2D eigenvalue weighted by Crippen LogP contribution is -2.14. The highest BCUT2D eigenvalue weighted by Gasteiger charge is 2.23. The van der Waals surface area contributed by atoms with E-state index in [1.165, 1.54) is 17.4 Å². The zero-order valence-electron chi connectivity index (χ0n) is 11.1. The minimum absolute atomic E-state index is 0.105. The van der Waals surface area contributed by atoms with Crippen LogP contribution >= 0.6 is 22.9 Å². The second-order valence-corrected chi connectivity index (χ2v) is 7.04. The van der Waals surface area contributed by atoms with Crippen molar-refractivity contribution >= 4 is 28.1 Å². The Morgan fingerprint density at radius 2 is 2.05 bits per heavy atom. The van der Waals surface area contributed by atoms with Crippen molar-refractivity contribution in [3.05, 3.63) is 45.2 Å². The normalized spacial score (nSPS) is 11.8. The molecule has 0 aliphatic heterocycles. The Balaban J connectivity index is 2.38. The van der Waals surface area contributed by atoms with Crippen LogP contribution in [-0.2, 0) is 11.8 Å². The summed E-state index contributed by atoms with van der Waals surface area (Å²) < 4.78 is 13.8. The molecule has 19 heavy (non-hydrogen) atoms. The van der Waals surface area contributed by atoms with Gasteiger partial charge in [0.2, 0.25) is 0 Å². The van der Waals surface area contributed by atoms with Gasteiger partial charge in [-0.05, 0) is 17.7 Å². The van der Waals surface area contributed by atoms with E-state index >= 15 is 0 Å². The van der Waals surface area contributed by atoms with Gasteiger partial charge in [-0.2, -0.15) is 0 Å². The molecule has 2 rings (SSSR count). The Morgan fingerprint density at radius 1 is 1.37 bits per heavy atom. The van der Waals surface area contributed by atoms with Crippen LogP contribution in [0.1, 0.15) is 36.9 Å². The number of anilines is 1. The SMILES string of the molecule is CC(C)(C)c1nc(N)sc1Cc1ccc(Cl)cc1F. The number of halogens is 2. The van der Waals surface area contributed by atoms with E-state index in [2.05, 4.69) is 25.8 Å². The first kappa shape index (κ1) is 14.3. The van der Waals surface area contributed by atoms with Crippen LogP contribution in [0.2, 0.25) is 5.02 Å². The average molecular weight is 299 g/mol. The average Bonchev–Trinajstić information content (AvgIpc) is 2.63. The minimum Gasteiger partial charge on any atom is -0.375 e. The van der Waals surface area contributed by atoms with Crippen LogP contribution in [0.5, 0.6) is 0 Å². The summed E-state index contributed by atoms with van der Waals surface area (Å²) in [4.78, 5) is 5.38. The van der Waals surface area contributed by atoms with Crippen molar-refractivity contribution in [2.75, 3.05) is 5.73 Å². The second kappa shape index (κ2) is 5.10. The summed E-state index contributed by atoms with van der Waals surface area (Å²) in [7, 11) is 0. The molecule has 0 aliphatic carbocycles. The first-order valence-electron chi connectivity index (χ1n) is 5.97. The Kier molecular flexibility index (Phi) is 3.83. The minimum atomic E-state index is -0.292. The molecule has 2 nitrogen and oxygen atoms in total. The molecular formula is C14H16ClFN2S. The predicted octanol–water partition coefficient (Wildman–Crippen LogP) is 4.41. The topological polar surface area (TPSA) is 38.9 Å². The number of nitrogen functional groups attached to an aromatic ring is 1. The number of thiazole rings is 1. The maximum absolute atomic E-state index is 13.8. The number of nitrogens with zero attached hydrogens (tertiary/aromatic N) is 1. The lowest BCUT2D eigenvalue weighted by atomic mass is 9.90. The molecule has 102 valence electrons.